The van der Waals surface area contributed by atoms with E-state index in [-0.39, 0.29) is 0 Å². The van der Waals surface area contributed by atoms with Crippen molar-refractivity contribution in [2.45, 2.75) is 12.8 Å². The number of aryl methyl sites for hydroxylation is 1. The Morgan fingerprint density at radius 1 is 1.12 bits per heavy atom. The van der Waals surface area contributed by atoms with Crippen molar-refractivity contribution >= 4 is 23.2 Å². The zero-order valence-electron chi connectivity index (χ0n) is 9.41. The Balaban J connectivity index is 2.27. The molecule has 0 aliphatic carbocycles. The summed E-state index contributed by atoms with van der Waals surface area (Å²) in [5, 5.41) is 0.666. The second-order valence-electron chi connectivity index (χ2n) is 3.79. The fourth-order valence-electron chi connectivity index (χ4n) is 1.50. The maximum atomic E-state index is 5.94. The van der Waals surface area contributed by atoms with Gasteiger partial charge in [0.05, 0.1) is 0 Å². The zero-order chi connectivity index (χ0) is 12.3. The molecule has 0 bridgehead atoms. The lowest BCUT2D eigenvalue weighted by atomic mass is 10.2. The van der Waals surface area contributed by atoms with Crippen LogP contribution in [0.15, 0.2) is 42.5 Å². The fourth-order valence-corrected chi connectivity index (χ4v) is 1.83. The molecule has 0 heterocycles. The van der Waals surface area contributed by atoms with E-state index in [9.17, 15) is 0 Å². The summed E-state index contributed by atoms with van der Waals surface area (Å²) < 4.78 is 5.79. The number of rotatable bonds is 3. The Labute approximate surface area is 111 Å². The number of halogens is 2. The smallest absolute Gasteiger partial charge is 0.131 e. The van der Waals surface area contributed by atoms with Crippen LogP contribution >= 0.6 is 23.2 Å². The van der Waals surface area contributed by atoms with Crippen LogP contribution < -0.4 is 4.74 Å². The number of alkyl halides is 1. The van der Waals surface area contributed by atoms with Crippen LogP contribution in [0, 0.1) is 6.92 Å². The molecule has 0 saturated carbocycles. The molecule has 2 aromatic carbocycles. The Bertz CT molecular complexity index is 523. The van der Waals surface area contributed by atoms with E-state index >= 15 is 0 Å². The van der Waals surface area contributed by atoms with Gasteiger partial charge in [0.15, 0.2) is 0 Å². The summed E-state index contributed by atoms with van der Waals surface area (Å²) in [7, 11) is 0. The minimum atomic E-state index is 0.478. The summed E-state index contributed by atoms with van der Waals surface area (Å²) in [6, 6.07) is 13.3. The van der Waals surface area contributed by atoms with Crippen LogP contribution in [-0.2, 0) is 5.88 Å². The molecule has 17 heavy (non-hydrogen) atoms. The van der Waals surface area contributed by atoms with Crippen molar-refractivity contribution in [3.8, 4) is 11.5 Å². The first-order chi connectivity index (χ1) is 8.19. The standard InChI is InChI=1S/C14H12Cl2O/c1-10-5-6-12(16)8-14(10)17-13-4-2-3-11(7-13)9-15/h2-8H,9H2,1H3. The molecule has 88 valence electrons. The molecule has 0 atom stereocenters. The van der Waals surface area contributed by atoms with Crippen LogP contribution in [0.2, 0.25) is 5.02 Å². The highest BCUT2D eigenvalue weighted by Gasteiger charge is 2.03. The molecule has 0 aliphatic heterocycles. The summed E-state index contributed by atoms with van der Waals surface area (Å²) in [5.74, 6) is 2.02. The van der Waals surface area contributed by atoms with Gasteiger partial charge in [-0.15, -0.1) is 11.6 Å². The van der Waals surface area contributed by atoms with Crippen molar-refractivity contribution in [3.63, 3.8) is 0 Å². The van der Waals surface area contributed by atoms with E-state index < -0.39 is 0 Å². The van der Waals surface area contributed by atoms with Crippen LogP contribution in [0.4, 0.5) is 0 Å². The predicted molar refractivity (Wildman–Crippen MR) is 72.3 cm³/mol. The highest BCUT2D eigenvalue weighted by atomic mass is 35.5. The highest BCUT2D eigenvalue weighted by Crippen LogP contribution is 2.28. The monoisotopic (exact) mass is 266 g/mol. The quantitative estimate of drug-likeness (QED) is 0.696. The summed E-state index contributed by atoms with van der Waals surface area (Å²) >= 11 is 11.7. The van der Waals surface area contributed by atoms with Gasteiger partial charge in [0, 0.05) is 10.9 Å². The van der Waals surface area contributed by atoms with Crippen LogP contribution in [0.1, 0.15) is 11.1 Å². The van der Waals surface area contributed by atoms with Crippen molar-refractivity contribution in [2.75, 3.05) is 0 Å². The molecule has 1 nitrogen and oxygen atoms in total. The van der Waals surface area contributed by atoms with Gasteiger partial charge in [0.2, 0.25) is 0 Å². The molecule has 0 aromatic heterocycles. The number of hydrogen-bond acceptors (Lipinski definition) is 1. The van der Waals surface area contributed by atoms with Crippen molar-refractivity contribution in [1.29, 1.82) is 0 Å². The largest absolute Gasteiger partial charge is 0.457 e. The molecule has 0 fully saturated rings. The molecule has 0 saturated heterocycles. The molecular weight excluding hydrogens is 255 g/mol. The van der Waals surface area contributed by atoms with E-state index in [1.54, 1.807) is 0 Å². The Morgan fingerprint density at radius 2 is 1.94 bits per heavy atom. The molecule has 2 rings (SSSR count). The second kappa shape index (κ2) is 5.44. The molecule has 0 radical (unpaired) electrons. The lowest BCUT2D eigenvalue weighted by Gasteiger charge is -2.09. The minimum absolute atomic E-state index is 0.478. The van der Waals surface area contributed by atoms with Gasteiger partial charge in [0.25, 0.3) is 0 Å². The van der Waals surface area contributed by atoms with Crippen LogP contribution in [0.5, 0.6) is 11.5 Å². The first-order valence-electron chi connectivity index (χ1n) is 5.28. The van der Waals surface area contributed by atoms with Crippen molar-refractivity contribution in [1.82, 2.24) is 0 Å². The van der Waals surface area contributed by atoms with E-state index in [0.717, 1.165) is 22.6 Å². The van der Waals surface area contributed by atoms with Gasteiger partial charge in [-0.05, 0) is 42.3 Å². The molecular formula is C14H12Cl2O. The van der Waals surface area contributed by atoms with E-state index in [1.165, 1.54) is 0 Å². The molecule has 0 unspecified atom stereocenters. The summed E-state index contributed by atoms with van der Waals surface area (Å²) in [6.07, 6.45) is 0. The average molecular weight is 267 g/mol. The lowest BCUT2D eigenvalue weighted by molar-refractivity contribution is 0.478. The third-order valence-corrected chi connectivity index (χ3v) is 2.97. The molecule has 0 aliphatic rings. The maximum absolute atomic E-state index is 5.94. The predicted octanol–water partition coefficient (Wildman–Crippen LogP) is 5.18. The van der Waals surface area contributed by atoms with Gasteiger partial charge >= 0.3 is 0 Å². The van der Waals surface area contributed by atoms with Crippen molar-refractivity contribution in [2.24, 2.45) is 0 Å². The summed E-state index contributed by atoms with van der Waals surface area (Å²) in [4.78, 5) is 0. The van der Waals surface area contributed by atoms with Crippen LogP contribution in [0.3, 0.4) is 0 Å². The highest BCUT2D eigenvalue weighted by molar-refractivity contribution is 6.30. The molecule has 2 aromatic rings. The summed E-state index contributed by atoms with van der Waals surface area (Å²) in [5.41, 5.74) is 2.08. The van der Waals surface area contributed by atoms with Gasteiger partial charge in [-0.3, -0.25) is 0 Å². The third-order valence-electron chi connectivity index (χ3n) is 2.43. The molecule has 3 heteroatoms. The average Bonchev–Trinajstić information content (AvgIpc) is 2.34. The van der Waals surface area contributed by atoms with E-state index in [1.807, 2.05) is 49.4 Å². The SMILES string of the molecule is Cc1ccc(Cl)cc1Oc1cccc(CCl)c1. The van der Waals surface area contributed by atoms with Gasteiger partial charge in [0.1, 0.15) is 11.5 Å². The topological polar surface area (TPSA) is 9.23 Å². The first-order valence-corrected chi connectivity index (χ1v) is 6.19. The molecule has 0 N–H and O–H groups in total. The Hall–Kier alpha value is -1.18. The number of ether oxygens (including phenoxy) is 1. The zero-order valence-corrected chi connectivity index (χ0v) is 10.9. The normalized spacial score (nSPS) is 10.3. The lowest BCUT2D eigenvalue weighted by Crippen LogP contribution is -1.88. The maximum Gasteiger partial charge on any atom is 0.131 e. The Kier molecular flexibility index (Phi) is 3.93. The first kappa shape index (κ1) is 12.3. The number of hydrogen-bond donors (Lipinski definition) is 0. The second-order valence-corrected chi connectivity index (χ2v) is 4.50. The van der Waals surface area contributed by atoms with E-state index in [0.29, 0.717) is 10.9 Å². The van der Waals surface area contributed by atoms with Gasteiger partial charge in [-0.2, -0.15) is 0 Å². The van der Waals surface area contributed by atoms with Crippen molar-refractivity contribution < 1.29 is 4.74 Å². The third kappa shape index (κ3) is 3.15. The van der Waals surface area contributed by atoms with E-state index in [4.69, 9.17) is 27.9 Å². The fraction of sp³-hybridized carbons (Fsp3) is 0.143. The summed E-state index contributed by atoms with van der Waals surface area (Å²) in [6.45, 7) is 1.98. The van der Waals surface area contributed by atoms with Gasteiger partial charge in [-0.25, -0.2) is 0 Å². The Morgan fingerprint density at radius 3 is 2.71 bits per heavy atom. The van der Waals surface area contributed by atoms with E-state index in [2.05, 4.69) is 0 Å². The van der Waals surface area contributed by atoms with Crippen LogP contribution in [0.25, 0.3) is 0 Å². The molecule has 0 spiro atoms. The minimum Gasteiger partial charge on any atom is -0.457 e. The van der Waals surface area contributed by atoms with Crippen molar-refractivity contribution in [3.05, 3.63) is 58.6 Å². The van der Waals surface area contributed by atoms with Gasteiger partial charge < -0.3 is 4.74 Å². The number of benzene rings is 2. The van der Waals surface area contributed by atoms with Crippen LogP contribution in [-0.4, -0.2) is 0 Å². The molecule has 0 amide bonds. The van der Waals surface area contributed by atoms with Gasteiger partial charge in [-0.1, -0.05) is 29.8 Å².